The highest BCUT2D eigenvalue weighted by molar-refractivity contribution is 5.80. The number of aliphatic hydroxyl groups is 1. The second-order valence-electron chi connectivity index (χ2n) is 3.58. The molecule has 14 heavy (non-hydrogen) atoms. The Balaban J connectivity index is 2.22. The van der Waals surface area contributed by atoms with E-state index < -0.39 is 0 Å². The van der Waals surface area contributed by atoms with E-state index in [4.69, 9.17) is 5.11 Å². The van der Waals surface area contributed by atoms with Gasteiger partial charge in [0.15, 0.2) is 0 Å². The van der Waals surface area contributed by atoms with Gasteiger partial charge in [0.1, 0.15) is 0 Å². The number of rotatable bonds is 2. The van der Waals surface area contributed by atoms with Crippen LogP contribution in [-0.4, -0.2) is 23.7 Å². The van der Waals surface area contributed by atoms with E-state index in [1.807, 2.05) is 30.3 Å². The first-order valence-electron chi connectivity index (χ1n) is 4.76. The van der Waals surface area contributed by atoms with E-state index in [1.54, 1.807) is 0 Å². The molecule has 0 unspecified atom stereocenters. The molecular weight excluding hydrogens is 178 g/mol. The second kappa shape index (κ2) is 3.80. The molecule has 0 radical (unpaired) electrons. The molecule has 0 aromatic heterocycles. The lowest BCUT2D eigenvalue weighted by atomic mass is 9.92. The lowest BCUT2D eigenvalue weighted by Crippen LogP contribution is -2.31. The number of aliphatic hydroxyl groups excluding tert-OH is 1. The minimum absolute atomic E-state index is 0.00526. The van der Waals surface area contributed by atoms with Crippen LogP contribution in [0.3, 0.4) is 0 Å². The number of hydrogen-bond acceptors (Lipinski definition) is 2. The summed E-state index contributed by atoms with van der Waals surface area (Å²) in [7, 11) is 0. The van der Waals surface area contributed by atoms with Crippen LogP contribution >= 0.6 is 0 Å². The van der Waals surface area contributed by atoms with Crippen LogP contribution in [0.15, 0.2) is 30.3 Å². The van der Waals surface area contributed by atoms with Gasteiger partial charge in [-0.15, -0.1) is 0 Å². The average molecular weight is 191 g/mol. The number of amides is 1. The van der Waals surface area contributed by atoms with E-state index in [0.29, 0.717) is 6.42 Å². The molecule has 1 heterocycles. The van der Waals surface area contributed by atoms with Crippen LogP contribution in [0.25, 0.3) is 0 Å². The van der Waals surface area contributed by atoms with E-state index >= 15 is 0 Å². The van der Waals surface area contributed by atoms with E-state index in [9.17, 15) is 4.79 Å². The topological polar surface area (TPSA) is 49.3 Å². The number of nitrogens with one attached hydrogen (secondary N) is 1. The van der Waals surface area contributed by atoms with Gasteiger partial charge in [-0.25, -0.2) is 0 Å². The third kappa shape index (κ3) is 1.63. The second-order valence-corrected chi connectivity index (χ2v) is 3.58. The van der Waals surface area contributed by atoms with Gasteiger partial charge < -0.3 is 10.4 Å². The minimum Gasteiger partial charge on any atom is -0.394 e. The van der Waals surface area contributed by atoms with Gasteiger partial charge >= 0.3 is 0 Å². The van der Waals surface area contributed by atoms with Crippen molar-refractivity contribution in [2.45, 2.75) is 18.4 Å². The number of benzene rings is 1. The van der Waals surface area contributed by atoms with Crippen molar-refractivity contribution in [2.75, 3.05) is 6.61 Å². The van der Waals surface area contributed by atoms with Crippen molar-refractivity contribution in [3.05, 3.63) is 35.9 Å². The summed E-state index contributed by atoms with van der Waals surface area (Å²) in [6.07, 6.45) is 0.481. The Labute approximate surface area is 82.8 Å². The average Bonchev–Trinajstić information content (AvgIpc) is 2.61. The minimum atomic E-state index is -0.120. The van der Waals surface area contributed by atoms with Gasteiger partial charge in [0.25, 0.3) is 0 Å². The molecule has 1 amide bonds. The number of carbonyl (C=O) groups excluding carboxylic acids is 1. The fourth-order valence-corrected chi connectivity index (χ4v) is 1.93. The maximum atomic E-state index is 11.2. The first-order valence-corrected chi connectivity index (χ1v) is 4.76. The molecule has 1 saturated heterocycles. The predicted molar refractivity (Wildman–Crippen MR) is 52.8 cm³/mol. The Kier molecular flexibility index (Phi) is 2.50. The molecule has 1 aromatic carbocycles. The van der Waals surface area contributed by atoms with E-state index in [2.05, 4.69) is 5.32 Å². The molecule has 0 aliphatic carbocycles. The Morgan fingerprint density at radius 3 is 2.71 bits per heavy atom. The lowest BCUT2D eigenvalue weighted by Gasteiger charge is -2.16. The highest BCUT2D eigenvalue weighted by Crippen LogP contribution is 2.27. The van der Waals surface area contributed by atoms with Crippen LogP contribution in [-0.2, 0) is 4.79 Å². The van der Waals surface area contributed by atoms with Gasteiger partial charge in [0, 0.05) is 12.3 Å². The smallest absolute Gasteiger partial charge is 0.221 e. The highest BCUT2D eigenvalue weighted by atomic mass is 16.3. The number of hydrogen-bond donors (Lipinski definition) is 2. The number of carbonyl (C=O) groups is 1. The first-order chi connectivity index (χ1) is 6.81. The van der Waals surface area contributed by atoms with Crippen LogP contribution in [0.4, 0.5) is 0 Å². The summed E-state index contributed by atoms with van der Waals surface area (Å²) in [5.74, 6) is 0.145. The van der Waals surface area contributed by atoms with E-state index in [0.717, 1.165) is 5.56 Å². The molecule has 2 atom stereocenters. The van der Waals surface area contributed by atoms with Crippen LogP contribution in [0.2, 0.25) is 0 Å². The molecule has 2 N–H and O–H groups in total. The zero-order valence-electron chi connectivity index (χ0n) is 7.81. The summed E-state index contributed by atoms with van der Waals surface area (Å²) in [4.78, 5) is 11.2. The van der Waals surface area contributed by atoms with Crippen molar-refractivity contribution in [2.24, 2.45) is 0 Å². The van der Waals surface area contributed by atoms with Crippen LogP contribution in [0.5, 0.6) is 0 Å². The molecule has 1 aromatic rings. The molecule has 0 saturated carbocycles. The monoisotopic (exact) mass is 191 g/mol. The SMILES string of the molecule is O=C1C[C@@H](c2ccccc2)[C@H](CO)N1. The third-order valence-electron chi connectivity index (χ3n) is 2.66. The van der Waals surface area contributed by atoms with E-state index in [1.165, 1.54) is 0 Å². The van der Waals surface area contributed by atoms with Crippen molar-refractivity contribution >= 4 is 5.91 Å². The maximum Gasteiger partial charge on any atom is 0.221 e. The standard InChI is InChI=1S/C11H13NO2/c13-7-10-9(6-11(14)12-10)8-4-2-1-3-5-8/h1-5,9-10,13H,6-7H2,(H,12,14)/t9-,10-/m0/s1. The Morgan fingerprint density at radius 2 is 2.07 bits per heavy atom. The van der Waals surface area contributed by atoms with Crippen molar-refractivity contribution in [1.29, 1.82) is 0 Å². The predicted octanol–water partition coefficient (Wildman–Crippen LogP) is 0.651. The molecule has 1 aliphatic rings. The van der Waals surface area contributed by atoms with Crippen molar-refractivity contribution in [3.63, 3.8) is 0 Å². The fraction of sp³-hybridized carbons (Fsp3) is 0.364. The zero-order valence-corrected chi connectivity index (χ0v) is 7.81. The van der Waals surface area contributed by atoms with Crippen LogP contribution in [0, 0.1) is 0 Å². The Hall–Kier alpha value is -1.35. The molecule has 0 bridgehead atoms. The summed E-state index contributed by atoms with van der Waals surface area (Å²) in [5.41, 5.74) is 1.12. The van der Waals surface area contributed by atoms with Crippen LogP contribution in [0.1, 0.15) is 17.9 Å². The molecule has 3 nitrogen and oxygen atoms in total. The Morgan fingerprint density at radius 1 is 1.36 bits per heavy atom. The Bertz CT molecular complexity index is 323. The molecule has 3 heteroatoms. The zero-order chi connectivity index (χ0) is 9.97. The molecule has 1 fully saturated rings. The first kappa shape index (κ1) is 9.21. The molecule has 2 rings (SSSR count). The van der Waals surface area contributed by atoms with Gasteiger partial charge in [-0.05, 0) is 5.56 Å². The summed E-state index contributed by atoms with van der Waals surface area (Å²) < 4.78 is 0. The highest BCUT2D eigenvalue weighted by Gasteiger charge is 2.32. The molecular formula is C11H13NO2. The van der Waals surface area contributed by atoms with Crippen molar-refractivity contribution in [1.82, 2.24) is 5.32 Å². The van der Waals surface area contributed by atoms with Crippen molar-refractivity contribution in [3.8, 4) is 0 Å². The van der Waals surface area contributed by atoms with Gasteiger partial charge in [-0.1, -0.05) is 30.3 Å². The third-order valence-corrected chi connectivity index (χ3v) is 2.66. The molecule has 74 valence electrons. The van der Waals surface area contributed by atoms with Gasteiger partial charge in [-0.2, -0.15) is 0 Å². The lowest BCUT2D eigenvalue weighted by molar-refractivity contribution is -0.119. The summed E-state index contributed by atoms with van der Waals surface area (Å²) in [5, 5.41) is 11.9. The maximum absolute atomic E-state index is 11.2. The van der Waals surface area contributed by atoms with Crippen LogP contribution < -0.4 is 5.32 Å². The van der Waals surface area contributed by atoms with Gasteiger partial charge in [0.05, 0.1) is 12.6 Å². The summed E-state index contributed by atoms with van der Waals surface area (Å²) >= 11 is 0. The van der Waals surface area contributed by atoms with Gasteiger partial charge in [0.2, 0.25) is 5.91 Å². The van der Waals surface area contributed by atoms with Crippen molar-refractivity contribution < 1.29 is 9.90 Å². The normalized spacial score (nSPS) is 26.2. The quantitative estimate of drug-likeness (QED) is 0.721. The summed E-state index contributed by atoms with van der Waals surface area (Å²) in [6.45, 7) is 0.00526. The van der Waals surface area contributed by atoms with E-state index in [-0.39, 0.29) is 24.5 Å². The summed E-state index contributed by atoms with van der Waals surface area (Å²) in [6, 6.07) is 9.71. The fourth-order valence-electron chi connectivity index (χ4n) is 1.93. The molecule has 1 aliphatic heterocycles. The molecule has 0 spiro atoms. The van der Waals surface area contributed by atoms with Gasteiger partial charge in [-0.3, -0.25) is 4.79 Å². The largest absolute Gasteiger partial charge is 0.394 e.